The van der Waals surface area contributed by atoms with E-state index < -0.39 is 10.8 Å². The molecule has 0 fully saturated rings. The van der Waals surface area contributed by atoms with Gasteiger partial charge in [0.05, 0.1) is 26.0 Å². The normalized spacial score (nSPS) is 16.8. The van der Waals surface area contributed by atoms with E-state index in [-0.39, 0.29) is 11.3 Å². The van der Waals surface area contributed by atoms with Gasteiger partial charge in [0.1, 0.15) is 0 Å². The van der Waals surface area contributed by atoms with Gasteiger partial charge in [-0.1, -0.05) is 30.7 Å². The number of hydrogen-bond acceptors (Lipinski definition) is 2. The summed E-state index contributed by atoms with van der Waals surface area (Å²) in [6.45, 7) is 6.95. The second kappa shape index (κ2) is 6.38. The summed E-state index contributed by atoms with van der Waals surface area (Å²) in [5.41, 5.74) is 0. The summed E-state index contributed by atoms with van der Waals surface area (Å²) in [6.07, 6.45) is 0. The Balaban J connectivity index is 2.82. The van der Waals surface area contributed by atoms with Gasteiger partial charge in [-0.3, -0.25) is 4.21 Å². The van der Waals surface area contributed by atoms with Crippen molar-refractivity contribution in [2.75, 3.05) is 6.54 Å². The molecule has 0 bridgehead atoms. The van der Waals surface area contributed by atoms with Crippen LogP contribution in [0.5, 0.6) is 0 Å². The minimum absolute atomic E-state index is 0.0415. The zero-order valence-corrected chi connectivity index (χ0v) is 11.4. The summed E-state index contributed by atoms with van der Waals surface area (Å²) in [5, 5.41) is 3.90. The predicted molar refractivity (Wildman–Crippen MR) is 70.5 cm³/mol. The highest BCUT2D eigenvalue weighted by Crippen LogP contribution is 2.22. The third-order valence-electron chi connectivity index (χ3n) is 2.62. The highest BCUT2D eigenvalue weighted by molar-refractivity contribution is 7.85. The topological polar surface area (TPSA) is 29.1 Å². The van der Waals surface area contributed by atoms with E-state index in [1.54, 1.807) is 6.07 Å². The average Bonchev–Trinajstić information content (AvgIpc) is 2.28. The highest BCUT2D eigenvalue weighted by atomic mass is 35.5. The Morgan fingerprint density at radius 1 is 1.38 bits per heavy atom. The maximum atomic E-state index is 12.3. The lowest BCUT2D eigenvalue weighted by molar-refractivity contribution is 0.550. The molecule has 16 heavy (non-hydrogen) atoms. The Morgan fingerprint density at radius 2 is 2.00 bits per heavy atom. The van der Waals surface area contributed by atoms with Crippen LogP contribution in [0.2, 0.25) is 5.02 Å². The Morgan fingerprint density at radius 3 is 2.56 bits per heavy atom. The largest absolute Gasteiger partial charge is 0.313 e. The number of benzene rings is 1. The number of halogens is 1. The molecule has 0 heterocycles. The fourth-order valence-corrected chi connectivity index (χ4v) is 3.19. The van der Waals surface area contributed by atoms with Gasteiger partial charge in [-0.2, -0.15) is 0 Å². The molecule has 0 amide bonds. The van der Waals surface area contributed by atoms with Crippen LogP contribution in [0, 0.1) is 0 Å². The van der Waals surface area contributed by atoms with E-state index in [1.807, 2.05) is 39.0 Å². The molecule has 3 atom stereocenters. The lowest BCUT2D eigenvalue weighted by atomic mass is 10.2. The molecule has 4 heteroatoms. The number of nitrogens with one attached hydrogen (secondary N) is 1. The Hall–Kier alpha value is -0.380. The monoisotopic (exact) mass is 259 g/mol. The number of rotatable bonds is 5. The second-order valence-corrected chi connectivity index (χ2v) is 5.96. The van der Waals surface area contributed by atoms with Crippen molar-refractivity contribution in [3.8, 4) is 0 Å². The molecule has 0 aliphatic heterocycles. The Labute approximate surface area is 105 Å². The van der Waals surface area contributed by atoms with Crippen LogP contribution < -0.4 is 5.32 Å². The third-order valence-corrected chi connectivity index (χ3v) is 4.94. The van der Waals surface area contributed by atoms with Gasteiger partial charge in [0.2, 0.25) is 0 Å². The molecule has 90 valence electrons. The molecule has 1 N–H and O–H groups in total. The van der Waals surface area contributed by atoms with Gasteiger partial charge >= 0.3 is 0 Å². The molecule has 0 spiro atoms. The molecular weight excluding hydrogens is 242 g/mol. The molecule has 0 saturated heterocycles. The first-order valence-corrected chi connectivity index (χ1v) is 7.05. The van der Waals surface area contributed by atoms with Gasteiger partial charge in [-0.05, 0) is 32.5 Å². The SMILES string of the molecule is CCNC(C)C(C)S(=O)c1ccccc1Cl. The lowest BCUT2D eigenvalue weighted by Gasteiger charge is -2.20. The first-order valence-electron chi connectivity index (χ1n) is 5.46. The maximum Gasteiger partial charge on any atom is 0.0588 e. The van der Waals surface area contributed by atoms with Gasteiger partial charge in [0.15, 0.2) is 0 Å². The standard InChI is InChI=1S/C12H18ClNOS/c1-4-14-9(2)10(3)16(15)12-8-6-5-7-11(12)13/h5-10,14H,4H2,1-3H3. The molecule has 1 rings (SSSR count). The summed E-state index contributed by atoms with van der Waals surface area (Å²) >= 11 is 6.03. The van der Waals surface area contributed by atoms with E-state index in [0.717, 1.165) is 11.4 Å². The van der Waals surface area contributed by atoms with Crippen LogP contribution in [0.15, 0.2) is 29.2 Å². The summed E-state index contributed by atoms with van der Waals surface area (Å²) in [6, 6.07) is 7.53. The summed E-state index contributed by atoms with van der Waals surface area (Å²) in [4.78, 5) is 0.724. The second-order valence-electron chi connectivity index (χ2n) is 3.78. The van der Waals surface area contributed by atoms with Crippen LogP contribution in [0.1, 0.15) is 20.8 Å². The zero-order valence-electron chi connectivity index (χ0n) is 9.87. The van der Waals surface area contributed by atoms with Crippen LogP contribution in [-0.4, -0.2) is 22.0 Å². The van der Waals surface area contributed by atoms with Crippen LogP contribution in [0.3, 0.4) is 0 Å². The lowest BCUT2D eigenvalue weighted by Crippen LogP contribution is -2.37. The summed E-state index contributed by atoms with van der Waals surface area (Å²) in [5.74, 6) is 0. The Kier molecular flexibility index (Phi) is 5.46. The smallest absolute Gasteiger partial charge is 0.0588 e. The molecular formula is C12H18ClNOS. The molecule has 3 unspecified atom stereocenters. The van der Waals surface area contributed by atoms with E-state index in [9.17, 15) is 4.21 Å². The van der Waals surface area contributed by atoms with Gasteiger partial charge in [0.25, 0.3) is 0 Å². The van der Waals surface area contributed by atoms with Crippen molar-refractivity contribution in [2.45, 2.75) is 37.0 Å². The summed E-state index contributed by atoms with van der Waals surface area (Å²) < 4.78 is 12.3. The average molecular weight is 260 g/mol. The third kappa shape index (κ3) is 3.30. The molecule has 1 aromatic rings. The molecule has 0 radical (unpaired) electrons. The van der Waals surface area contributed by atoms with Crippen molar-refractivity contribution in [3.05, 3.63) is 29.3 Å². The van der Waals surface area contributed by atoms with E-state index in [2.05, 4.69) is 5.32 Å². The Bertz CT molecular complexity index is 370. The minimum Gasteiger partial charge on any atom is -0.313 e. The number of hydrogen-bond donors (Lipinski definition) is 1. The van der Waals surface area contributed by atoms with Crippen molar-refractivity contribution in [1.82, 2.24) is 5.32 Å². The first kappa shape index (κ1) is 13.7. The predicted octanol–water partition coefficient (Wildman–Crippen LogP) is 2.83. The molecule has 0 aliphatic rings. The van der Waals surface area contributed by atoms with E-state index in [1.165, 1.54) is 0 Å². The van der Waals surface area contributed by atoms with Gasteiger partial charge < -0.3 is 5.32 Å². The maximum absolute atomic E-state index is 12.3. The van der Waals surface area contributed by atoms with Crippen molar-refractivity contribution in [2.24, 2.45) is 0 Å². The van der Waals surface area contributed by atoms with Gasteiger partial charge in [-0.25, -0.2) is 0 Å². The van der Waals surface area contributed by atoms with Crippen LogP contribution in [-0.2, 0) is 10.8 Å². The van der Waals surface area contributed by atoms with E-state index >= 15 is 0 Å². The fourth-order valence-electron chi connectivity index (χ4n) is 1.48. The van der Waals surface area contributed by atoms with E-state index in [4.69, 9.17) is 11.6 Å². The van der Waals surface area contributed by atoms with Gasteiger partial charge in [0, 0.05) is 6.04 Å². The molecule has 1 aromatic carbocycles. The molecule has 0 aromatic heterocycles. The zero-order chi connectivity index (χ0) is 12.1. The van der Waals surface area contributed by atoms with Gasteiger partial charge in [-0.15, -0.1) is 0 Å². The molecule has 0 saturated carbocycles. The fraction of sp³-hybridized carbons (Fsp3) is 0.500. The first-order chi connectivity index (χ1) is 7.57. The van der Waals surface area contributed by atoms with E-state index in [0.29, 0.717) is 5.02 Å². The summed E-state index contributed by atoms with van der Waals surface area (Å²) in [7, 11) is -1.07. The molecule has 0 aliphatic carbocycles. The van der Waals surface area contributed by atoms with Crippen molar-refractivity contribution < 1.29 is 4.21 Å². The highest BCUT2D eigenvalue weighted by Gasteiger charge is 2.20. The van der Waals surface area contributed by atoms with Crippen LogP contribution >= 0.6 is 11.6 Å². The quantitative estimate of drug-likeness (QED) is 0.881. The van der Waals surface area contributed by atoms with Crippen LogP contribution in [0.25, 0.3) is 0 Å². The van der Waals surface area contributed by atoms with Crippen molar-refractivity contribution in [3.63, 3.8) is 0 Å². The van der Waals surface area contributed by atoms with Crippen molar-refractivity contribution in [1.29, 1.82) is 0 Å². The molecule has 2 nitrogen and oxygen atoms in total. The van der Waals surface area contributed by atoms with Crippen LogP contribution in [0.4, 0.5) is 0 Å². The van der Waals surface area contributed by atoms with Crippen molar-refractivity contribution >= 4 is 22.4 Å². The minimum atomic E-state index is -1.07.